The number of nitrogens with zero attached hydrogens (tertiary/aromatic N) is 3. The standard InChI is InChI=1S/C11H19N3O3/c1-6-7(2)10(5-16-9(4)15)17-11(8(6)3)13-14-12/h6-8,10-11H,5H2,1-4H3. The smallest absolute Gasteiger partial charge is 0.302 e. The van der Waals surface area contributed by atoms with Crippen LogP contribution in [0.4, 0.5) is 0 Å². The Kier molecular flexibility index (Phi) is 4.78. The normalized spacial score (nSPS) is 37.1. The van der Waals surface area contributed by atoms with Gasteiger partial charge in [0.05, 0.1) is 6.10 Å². The van der Waals surface area contributed by atoms with E-state index in [2.05, 4.69) is 23.9 Å². The van der Waals surface area contributed by atoms with Gasteiger partial charge in [-0.3, -0.25) is 4.79 Å². The summed E-state index contributed by atoms with van der Waals surface area (Å²) in [5.74, 6) is 0.441. The monoisotopic (exact) mass is 241 g/mol. The van der Waals surface area contributed by atoms with Crippen LogP contribution in [-0.2, 0) is 14.3 Å². The maximum absolute atomic E-state index is 10.8. The number of carbonyl (C=O) groups is 1. The van der Waals surface area contributed by atoms with Crippen molar-refractivity contribution in [3.8, 4) is 0 Å². The Morgan fingerprint density at radius 3 is 2.53 bits per heavy atom. The molecule has 0 saturated carbocycles. The zero-order valence-corrected chi connectivity index (χ0v) is 10.7. The first-order chi connectivity index (χ1) is 7.97. The molecule has 6 heteroatoms. The first kappa shape index (κ1) is 13.8. The highest BCUT2D eigenvalue weighted by Gasteiger charge is 2.38. The summed E-state index contributed by atoms with van der Waals surface area (Å²) in [4.78, 5) is 13.6. The molecule has 1 rings (SSSR count). The topological polar surface area (TPSA) is 84.3 Å². The van der Waals surface area contributed by atoms with Crippen LogP contribution >= 0.6 is 0 Å². The van der Waals surface area contributed by atoms with E-state index in [1.807, 2.05) is 6.92 Å². The summed E-state index contributed by atoms with van der Waals surface area (Å²) in [6, 6.07) is 0. The molecule has 1 heterocycles. The predicted octanol–water partition coefficient (Wildman–Crippen LogP) is 2.49. The van der Waals surface area contributed by atoms with Crippen LogP contribution in [0.2, 0.25) is 0 Å². The van der Waals surface area contributed by atoms with Crippen LogP contribution in [0.3, 0.4) is 0 Å². The van der Waals surface area contributed by atoms with E-state index in [4.69, 9.17) is 15.0 Å². The third-order valence-corrected chi connectivity index (χ3v) is 3.63. The van der Waals surface area contributed by atoms with Gasteiger partial charge in [-0.05, 0) is 23.3 Å². The molecule has 6 nitrogen and oxygen atoms in total. The molecule has 0 N–H and O–H groups in total. The minimum Gasteiger partial charge on any atom is -0.463 e. The average molecular weight is 241 g/mol. The third kappa shape index (κ3) is 3.35. The van der Waals surface area contributed by atoms with Crippen molar-refractivity contribution < 1.29 is 14.3 Å². The van der Waals surface area contributed by atoms with Crippen molar-refractivity contribution in [3.05, 3.63) is 10.4 Å². The van der Waals surface area contributed by atoms with E-state index in [0.29, 0.717) is 5.92 Å². The summed E-state index contributed by atoms with van der Waals surface area (Å²) >= 11 is 0. The lowest BCUT2D eigenvalue weighted by Crippen LogP contribution is -2.45. The lowest BCUT2D eigenvalue weighted by atomic mass is 9.78. The fourth-order valence-electron chi connectivity index (χ4n) is 2.08. The van der Waals surface area contributed by atoms with Crippen LogP contribution < -0.4 is 0 Å². The molecular formula is C11H19N3O3. The van der Waals surface area contributed by atoms with E-state index in [0.717, 1.165) is 0 Å². The van der Waals surface area contributed by atoms with Crippen LogP contribution in [0.15, 0.2) is 5.11 Å². The summed E-state index contributed by atoms with van der Waals surface area (Å²) in [5, 5.41) is 3.64. The van der Waals surface area contributed by atoms with Gasteiger partial charge in [-0.2, -0.15) is 0 Å². The number of carbonyl (C=O) groups excluding carboxylic acids is 1. The Bertz CT molecular complexity index is 328. The molecule has 0 radical (unpaired) electrons. The molecule has 0 aromatic rings. The SMILES string of the molecule is CC(=O)OCC1OC(N=[N+]=[N-])C(C)C(C)C1C. The molecule has 1 aliphatic rings. The second-order valence-electron chi connectivity index (χ2n) is 4.65. The van der Waals surface area contributed by atoms with Gasteiger partial charge >= 0.3 is 5.97 Å². The maximum Gasteiger partial charge on any atom is 0.302 e. The quantitative estimate of drug-likeness (QED) is 0.329. The molecule has 0 aliphatic carbocycles. The van der Waals surface area contributed by atoms with E-state index in [1.165, 1.54) is 6.92 Å². The molecule has 0 spiro atoms. The Hall–Kier alpha value is -1.26. The molecule has 0 bridgehead atoms. The minimum absolute atomic E-state index is 0.162. The molecule has 0 aromatic carbocycles. The van der Waals surface area contributed by atoms with Crippen LogP contribution in [0.5, 0.6) is 0 Å². The van der Waals surface area contributed by atoms with Gasteiger partial charge in [0.2, 0.25) is 0 Å². The van der Waals surface area contributed by atoms with Gasteiger partial charge in [-0.1, -0.05) is 25.9 Å². The summed E-state index contributed by atoms with van der Waals surface area (Å²) in [6.45, 7) is 7.73. The van der Waals surface area contributed by atoms with E-state index >= 15 is 0 Å². The van der Waals surface area contributed by atoms with E-state index in [-0.39, 0.29) is 30.5 Å². The van der Waals surface area contributed by atoms with Gasteiger partial charge in [0.1, 0.15) is 12.8 Å². The van der Waals surface area contributed by atoms with Crippen LogP contribution in [0.1, 0.15) is 27.7 Å². The Morgan fingerprint density at radius 1 is 1.35 bits per heavy atom. The van der Waals surface area contributed by atoms with Gasteiger partial charge < -0.3 is 9.47 Å². The predicted molar refractivity (Wildman–Crippen MR) is 61.9 cm³/mol. The summed E-state index contributed by atoms with van der Waals surface area (Å²) in [6.07, 6.45) is -0.688. The number of hydrogen-bond donors (Lipinski definition) is 0. The van der Waals surface area contributed by atoms with Gasteiger partial charge in [-0.15, -0.1) is 0 Å². The Balaban J connectivity index is 2.70. The number of esters is 1. The average Bonchev–Trinajstić information content (AvgIpc) is 2.28. The first-order valence-corrected chi connectivity index (χ1v) is 5.80. The first-order valence-electron chi connectivity index (χ1n) is 5.80. The van der Waals surface area contributed by atoms with Crippen LogP contribution in [0, 0.1) is 17.8 Å². The van der Waals surface area contributed by atoms with E-state index in [1.54, 1.807) is 0 Å². The molecule has 5 atom stereocenters. The number of azide groups is 1. The zero-order chi connectivity index (χ0) is 13.0. The lowest BCUT2D eigenvalue weighted by Gasteiger charge is -2.41. The highest BCUT2D eigenvalue weighted by Crippen LogP contribution is 2.35. The van der Waals surface area contributed by atoms with Crippen molar-refractivity contribution in [2.45, 2.75) is 40.0 Å². The van der Waals surface area contributed by atoms with Crippen molar-refractivity contribution in [2.75, 3.05) is 6.61 Å². The molecule has 1 aliphatic heterocycles. The summed E-state index contributed by atoms with van der Waals surface area (Å²) in [7, 11) is 0. The maximum atomic E-state index is 10.8. The van der Waals surface area contributed by atoms with E-state index < -0.39 is 6.23 Å². The molecule has 1 fully saturated rings. The van der Waals surface area contributed by atoms with Crippen LogP contribution in [-0.4, -0.2) is 24.9 Å². The number of ether oxygens (including phenoxy) is 2. The molecule has 17 heavy (non-hydrogen) atoms. The number of hydrogen-bond acceptors (Lipinski definition) is 4. The second-order valence-corrected chi connectivity index (χ2v) is 4.65. The van der Waals surface area contributed by atoms with Crippen molar-refractivity contribution in [2.24, 2.45) is 22.9 Å². The van der Waals surface area contributed by atoms with Gasteiger partial charge in [-0.25, -0.2) is 0 Å². The highest BCUT2D eigenvalue weighted by atomic mass is 16.6. The van der Waals surface area contributed by atoms with Crippen molar-refractivity contribution in [3.63, 3.8) is 0 Å². The van der Waals surface area contributed by atoms with Crippen LogP contribution in [0.25, 0.3) is 10.4 Å². The molecule has 0 amide bonds. The van der Waals surface area contributed by atoms with Crippen molar-refractivity contribution >= 4 is 5.97 Å². The fourth-order valence-corrected chi connectivity index (χ4v) is 2.08. The molecule has 1 saturated heterocycles. The largest absolute Gasteiger partial charge is 0.463 e. The number of rotatable bonds is 3. The second kappa shape index (κ2) is 5.89. The molecular weight excluding hydrogens is 222 g/mol. The van der Waals surface area contributed by atoms with Gasteiger partial charge in [0, 0.05) is 11.8 Å². The Labute approximate surface area is 101 Å². The molecule has 96 valence electrons. The molecule has 5 unspecified atom stereocenters. The minimum atomic E-state index is -0.480. The fraction of sp³-hybridized carbons (Fsp3) is 0.909. The summed E-state index contributed by atoms with van der Waals surface area (Å²) < 4.78 is 10.6. The third-order valence-electron chi connectivity index (χ3n) is 3.63. The van der Waals surface area contributed by atoms with Gasteiger partial charge in [0.15, 0.2) is 0 Å². The summed E-state index contributed by atoms with van der Waals surface area (Å²) in [5.41, 5.74) is 8.49. The highest BCUT2D eigenvalue weighted by molar-refractivity contribution is 5.65. The van der Waals surface area contributed by atoms with Crippen molar-refractivity contribution in [1.29, 1.82) is 0 Å². The van der Waals surface area contributed by atoms with Gasteiger partial charge in [0.25, 0.3) is 0 Å². The Morgan fingerprint density at radius 2 is 2.00 bits per heavy atom. The molecule has 0 aromatic heterocycles. The lowest BCUT2D eigenvalue weighted by molar-refractivity contribution is -0.167. The van der Waals surface area contributed by atoms with Crippen molar-refractivity contribution in [1.82, 2.24) is 0 Å². The zero-order valence-electron chi connectivity index (χ0n) is 10.7. The van der Waals surface area contributed by atoms with E-state index in [9.17, 15) is 4.79 Å².